The average molecular weight is 395 g/mol. The third-order valence-corrected chi connectivity index (χ3v) is 5.78. The lowest BCUT2D eigenvalue weighted by molar-refractivity contribution is -0.0660. The molecule has 3 aliphatic rings. The van der Waals surface area contributed by atoms with E-state index in [1.54, 1.807) is 6.20 Å². The second-order valence-corrected chi connectivity index (χ2v) is 7.72. The number of urea groups is 1. The molecule has 9 heteroatoms. The van der Waals surface area contributed by atoms with E-state index in [9.17, 15) is 4.79 Å². The Hall–Kier alpha value is -2.91. The molecule has 9 nitrogen and oxygen atoms in total. The Labute approximate surface area is 169 Å². The Bertz CT molecular complexity index is 923. The van der Waals surface area contributed by atoms with Crippen LogP contribution in [0.4, 0.5) is 27.9 Å². The van der Waals surface area contributed by atoms with Gasteiger partial charge >= 0.3 is 6.03 Å². The summed E-state index contributed by atoms with van der Waals surface area (Å²) in [6, 6.07) is 6.69. The van der Waals surface area contributed by atoms with Crippen molar-refractivity contribution in [3.8, 4) is 0 Å². The summed E-state index contributed by atoms with van der Waals surface area (Å²) in [5.41, 5.74) is 4.28. The van der Waals surface area contributed by atoms with Gasteiger partial charge in [0, 0.05) is 55.9 Å². The zero-order chi connectivity index (χ0) is 19.8. The van der Waals surface area contributed by atoms with Gasteiger partial charge < -0.3 is 20.3 Å². The number of hydrogen-bond donors (Lipinski definition) is 3. The van der Waals surface area contributed by atoms with Gasteiger partial charge in [0.1, 0.15) is 5.82 Å². The van der Waals surface area contributed by atoms with Crippen molar-refractivity contribution in [3.63, 3.8) is 0 Å². The van der Waals surface area contributed by atoms with Crippen LogP contribution in [0.2, 0.25) is 0 Å². The molecule has 5 rings (SSSR count). The minimum atomic E-state index is -0.243. The first-order chi connectivity index (χ1) is 14.2. The van der Waals surface area contributed by atoms with Crippen molar-refractivity contribution in [1.29, 1.82) is 0 Å². The molecular weight excluding hydrogens is 370 g/mol. The molecule has 1 aromatic heterocycles. The van der Waals surface area contributed by atoms with E-state index in [1.807, 2.05) is 0 Å². The molecule has 152 valence electrons. The molecule has 0 aliphatic carbocycles. The molecule has 0 spiro atoms. The SMILES string of the molecule is Cc1cc(Nc2ncc3c(n2)NC(=O)NC3)ccc1N1CCN(C2COC2)CC1. The Balaban J connectivity index is 1.25. The second-order valence-electron chi connectivity index (χ2n) is 7.72. The van der Waals surface area contributed by atoms with Gasteiger partial charge in [0.15, 0.2) is 0 Å². The van der Waals surface area contributed by atoms with Crippen LogP contribution in [-0.2, 0) is 11.3 Å². The lowest BCUT2D eigenvalue weighted by Gasteiger charge is -2.43. The molecule has 3 N–H and O–H groups in total. The number of nitrogens with one attached hydrogen (secondary N) is 3. The van der Waals surface area contributed by atoms with Crippen LogP contribution in [0.25, 0.3) is 0 Å². The molecular formula is C20H25N7O2. The van der Waals surface area contributed by atoms with Gasteiger partial charge in [-0.15, -0.1) is 0 Å². The summed E-state index contributed by atoms with van der Waals surface area (Å²) in [4.78, 5) is 25.2. The largest absolute Gasteiger partial charge is 0.378 e. The molecule has 29 heavy (non-hydrogen) atoms. The van der Waals surface area contributed by atoms with Gasteiger partial charge in [-0.25, -0.2) is 9.78 Å². The van der Waals surface area contributed by atoms with Crippen LogP contribution < -0.4 is 20.9 Å². The first-order valence-corrected chi connectivity index (χ1v) is 10.0. The van der Waals surface area contributed by atoms with Gasteiger partial charge in [-0.3, -0.25) is 10.2 Å². The van der Waals surface area contributed by atoms with Crippen LogP contribution >= 0.6 is 0 Å². The highest BCUT2D eigenvalue weighted by atomic mass is 16.5. The molecule has 2 fully saturated rings. The lowest BCUT2D eigenvalue weighted by atomic mass is 10.1. The van der Waals surface area contributed by atoms with E-state index in [0.717, 1.165) is 50.6 Å². The van der Waals surface area contributed by atoms with Crippen molar-refractivity contribution in [1.82, 2.24) is 20.2 Å². The molecule has 0 unspecified atom stereocenters. The van der Waals surface area contributed by atoms with Crippen LogP contribution in [0.5, 0.6) is 0 Å². The zero-order valence-corrected chi connectivity index (χ0v) is 16.4. The zero-order valence-electron chi connectivity index (χ0n) is 16.4. The Kier molecular flexibility index (Phi) is 4.69. The number of benzene rings is 1. The third-order valence-electron chi connectivity index (χ3n) is 5.78. The fourth-order valence-electron chi connectivity index (χ4n) is 4.01. The number of nitrogens with zero attached hydrogens (tertiary/aromatic N) is 4. The van der Waals surface area contributed by atoms with Crippen molar-refractivity contribution < 1.29 is 9.53 Å². The number of piperazine rings is 1. The molecule has 1 aromatic carbocycles. The fraction of sp³-hybridized carbons (Fsp3) is 0.450. The highest BCUT2D eigenvalue weighted by molar-refractivity contribution is 5.91. The third kappa shape index (κ3) is 3.70. The average Bonchev–Trinajstić information content (AvgIpc) is 2.67. The van der Waals surface area contributed by atoms with Gasteiger partial charge in [-0.2, -0.15) is 4.98 Å². The number of anilines is 4. The number of aromatic nitrogens is 2. The van der Waals surface area contributed by atoms with Gasteiger partial charge in [-0.05, 0) is 30.7 Å². The number of ether oxygens (including phenoxy) is 1. The molecule has 2 saturated heterocycles. The van der Waals surface area contributed by atoms with Gasteiger partial charge in [-0.1, -0.05) is 0 Å². The van der Waals surface area contributed by atoms with Gasteiger partial charge in [0.05, 0.1) is 19.3 Å². The smallest absolute Gasteiger partial charge is 0.320 e. The number of amides is 2. The molecule has 4 heterocycles. The van der Waals surface area contributed by atoms with Crippen LogP contribution in [0.1, 0.15) is 11.1 Å². The number of carbonyl (C=O) groups excluding carboxylic acids is 1. The molecule has 3 aliphatic heterocycles. The van der Waals surface area contributed by atoms with Crippen molar-refractivity contribution in [3.05, 3.63) is 35.5 Å². The first kappa shape index (κ1) is 18.1. The summed E-state index contributed by atoms with van der Waals surface area (Å²) in [7, 11) is 0. The first-order valence-electron chi connectivity index (χ1n) is 10.0. The molecule has 0 radical (unpaired) electrons. The monoisotopic (exact) mass is 395 g/mol. The maximum absolute atomic E-state index is 11.5. The maximum Gasteiger partial charge on any atom is 0.320 e. The normalized spacial score (nSPS) is 19.8. The van der Waals surface area contributed by atoms with Crippen LogP contribution in [0.15, 0.2) is 24.4 Å². The highest BCUT2D eigenvalue weighted by Crippen LogP contribution is 2.27. The van der Waals surface area contributed by atoms with E-state index in [0.29, 0.717) is 24.4 Å². The minimum absolute atomic E-state index is 0.243. The maximum atomic E-state index is 11.5. The van der Waals surface area contributed by atoms with E-state index >= 15 is 0 Å². The number of aryl methyl sites for hydroxylation is 1. The fourth-order valence-corrected chi connectivity index (χ4v) is 4.01. The van der Waals surface area contributed by atoms with E-state index in [-0.39, 0.29) is 6.03 Å². The standard InChI is InChI=1S/C20H25N7O2/c1-13-8-15(23-19-21-9-14-10-22-20(28)25-18(14)24-19)2-3-17(13)27-6-4-26(5-7-27)16-11-29-12-16/h2-3,8-9,16H,4-7,10-12H2,1H3,(H3,21,22,23,24,25,28). The lowest BCUT2D eigenvalue weighted by Crippen LogP contribution is -2.56. The predicted octanol–water partition coefficient (Wildman–Crippen LogP) is 1.68. The van der Waals surface area contributed by atoms with Crippen molar-refractivity contribution in [2.75, 3.05) is 54.9 Å². The van der Waals surface area contributed by atoms with E-state index in [4.69, 9.17) is 4.74 Å². The van der Waals surface area contributed by atoms with Crippen molar-refractivity contribution in [2.45, 2.75) is 19.5 Å². The van der Waals surface area contributed by atoms with Gasteiger partial charge in [0.2, 0.25) is 5.95 Å². The molecule has 2 amide bonds. The topological polar surface area (TPSA) is 94.6 Å². The van der Waals surface area contributed by atoms with Gasteiger partial charge in [0.25, 0.3) is 0 Å². The summed E-state index contributed by atoms with van der Waals surface area (Å²) in [5, 5.41) is 8.66. The Morgan fingerprint density at radius 2 is 2.03 bits per heavy atom. The Morgan fingerprint density at radius 1 is 1.21 bits per heavy atom. The quantitative estimate of drug-likeness (QED) is 0.725. The van der Waals surface area contributed by atoms with Crippen LogP contribution in [-0.4, -0.2) is 66.3 Å². The van der Waals surface area contributed by atoms with Crippen LogP contribution in [0, 0.1) is 6.92 Å². The number of hydrogen-bond acceptors (Lipinski definition) is 7. The predicted molar refractivity (Wildman–Crippen MR) is 111 cm³/mol. The van der Waals surface area contributed by atoms with Crippen molar-refractivity contribution in [2.24, 2.45) is 0 Å². The molecule has 0 atom stereocenters. The van der Waals surface area contributed by atoms with E-state index < -0.39 is 0 Å². The number of fused-ring (bicyclic) bond motifs is 1. The number of carbonyl (C=O) groups is 1. The summed E-state index contributed by atoms with van der Waals surface area (Å²) in [6.07, 6.45) is 1.73. The minimum Gasteiger partial charge on any atom is -0.378 e. The summed E-state index contributed by atoms with van der Waals surface area (Å²) < 4.78 is 5.32. The molecule has 0 bridgehead atoms. The second kappa shape index (κ2) is 7.49. The van der Waals surface area contributed by atoms with Crippen molar-refractivity contribution >= 4 is 29.2 Å². The van der Waals surface area contributed by atoms with E-state index in [2.05, 4.69) is 60.8 Å². The van der Waals surface area contributed by atoms with E-state index in [1.165, 1.54) is 11.3 Å². The summed E-state index contributed by atoms with van der Waals surface area (Å²) >= 11 is 0. The number of rotatable bonds is 4. The van der Waals surface area contributed by atoms with Crippen LogP contribution in [0.3, 0.4) is 0 Å². The summed E-state index contributed by atoms with van der Waals surface area (Å²) in [5.74, 6) is 1.02. The molecule has 2 aromatic rings. The Morgan fingerprint density at radius 3 is 2.76 bits per heavy atom. The summed E-state index contributed by atoms with van der Waals surface area (Å²) in [6.45, 7) is 8.56. The molecule has 0 saturated carbocycles. The highest BCUT2D eigenvalue weighted by Gasteiger charge is 2.29.